The average Bonchev–Trinajstić information content (AvgIpc) is 2.35. The maximum absolute atomic E-state index is 13.3. The van der Waals surface area contributed by atoms with Crippen LogP contribution < -0.4 is 5.32 Å². The van der Waals surface area contributed by atoms with Gasteiger partial charge in [0, 0.05) is 18.3 Å². The van der Waals surface area contributed by atoms with E-state index in [4.69, 9.17) is 0 Å². The summed E-state index contributed by atoms with van der Waals surface area (Å²) in [7, 11) is 0. The molecule has 1 fully saturated rings. The van der Waals surface area contributed by atoms with Crippen molar-refractivity contribution in [3.8, 4) is 0 Å². The first-order chi connectivity index (χ1) is 8.25. The first-order valence-electron chi connectivity index (χ1n) is 6.02. The molecule has 1 aromatic carbocycles. The minimum atomic E-state index is -0.184. The van der Waals surface area contributed by atoms with Gasteiger partial charge in [-0.3, -0.25) is 0 Å². The lowest BCUT2D eigenvalue weighted by Crippen LogP contribution is -2.26. The van der Waals surface area contributed by atoms with E-state index in [0.29, 0.717) is 4.47 Å². The fourth-order valence-corrected chi connectivity index (χ4v) is 3.52. The van der Waals surface area contributed by atoms with Crippen LogP contribution in [-0.4, -0.2) is 17.5 Å². The van der Waals surface area contributed by atoms with Crippen molar-refractivity contribution in [2.75, 3.05) is 12.3 Å². The Morgan fingerprint density at radius 3 is 3.00 bits per heavy atom. The van der Waals surface area contributed by atoms with Gasteiger partial charge >= 0.3 is 0 Å². The first-order valence-corrected chi connectivity index (χ1v) is 7.86. The third-order valence-electron chi connectivity index (χ3n) is 2.96. The molecule has 1 atom stereocenters. The summed E-state index contributed by atoms with van der Waals surface area (Å²) in [4.78, 5) is 0. The van der Waals surface area contributed by atoms with Crippen LogP contribution in [0.3, 0.4) is 0 Å². The van der Waals surface area contributed by atoms with Crippen molar-refractivity contribution in [2.24, 2.45) is 0 Å². The van der Waals surface area contributed by atoms with Crippen LogP contribution in [0, 0.1) is 5.82 Å². The lowest BCUT2D eigenvalue weighted by atomic mass is 10.2. The highest BCUT2D eigenvalue weighted by atomic mass is 79.9. The number of halogens is 2. The van der Waals surface area contributed by atoms with Crippen molar-refractivity contribution >= 4 is 27.7 Å². The quantitative estimate of drug-likeness (QED) is 0.902. The number of nitrogens with one attached hydrogen (secondary N) is 1. The van der Waals surface area contributed by atoms with E-state index in [1.807, 2.05) is 6.07 Å². The summed E-state index contributed by atoms with van der Waals surface area (Å²) in [6, 6.07) is 5.31. The molecule has 1 aliphatic rings. The van der Waals surface area contributed by atoms with Gasteiger partial charge in [-0.1, -0.05) is 12.5 Å². The lowest BCUT2D eigenvalue weighted by Gasteiger charge is -2.21. The van der Waals surface area contributed by atoms with E-state index in [0.717, 1.165) is 23.9 Å². The lowest BCUT2D eigenvalue weighted by molar-refractivity contribution is 0.591. The highest BCUT2D eigenvalue weighted by molar-refractivity contribution is 9.10. The SMILES string of the molecule is Fc1cc(CNCC2CCCCS2)ccc1Br. The van der Waals surface area contributed by atoms with Crippen molar-refractivity contribution in [1.82, 2.24) is 5.32 Å². The molecule has 1 aliphatic heterocycles. The summed E-state index contributed by atoms with van der Waals surface area (Å²) < 4.78 is 13.8. The van der Waals surface area contributed by atoms with E-state index in [1.54, 1.807) is 12.1 Å². The van der Waals surface area contributed by atoms with Gasteiger partial charge in [0.25, 0.3) is 0 Å². The molecular weight excluding hydrogens is 301 g/mol. The van der Waals surface area contributed by atoms with E-state index in [-0.39, 0.29) is 5.82 Å². The Labute approximate surface area is 115 Å². The molecule has 17 heavy (non-hydrogen) atoms. The predicted octanol–water partition coefficient (Wildman–Crippen LogP) is 3.96. The van der Waals surface area contributed by atoms with Crippen LogP contribution in [0.5, 0.6) is 0 Å². The Hall–Kier alpha value is -0.0600. The maximum Gasteiger partial charge on any atom is 0.137 e. The summed E-state index contributed by atoms with van der Waals surface area (Å²) in [6.45, 7) is 1.78. The number of thioether (sulfide) groups is 1. The fourth-order valence-electron chi connectivity index (χ4n) is 2.00. The summed E-state index contributed by atoms with van der Waals surface area (Å²) in [6.07, 6.45) is 4.03. The molecule has 4 heteroatoms. The van der Waals surface area contributed by atoms with Gasteiger partial charge in [-0.05, 0) is 52.2 Å². The Balaban J connectivity index is 1.75. The molecular formula is C13H17BrFNS. The molecule has 94 valence electrons. The summed E-state index contributed by atoms with van der Waals surface area (Å²) in [5, 5.41) is 4.16. The molecule has 0 amide bonds. The van der Waals surface area contributed by atoms with Gasteiger partial charge in [-0.25, -0.2) is 4.39 Å². The molecule has 1 N–H and O–H groups in total. The monoisotopic (exact) mass is 317 g/mol. The maximum atomic E-state index is 13.3. The van der Waals surface area contributed by atoms with Gasteiger partial charge < -0.3 is 5.32 Å². The molecule has 0 spiro atoms. The molecule has 0 aromatic heterocycles. The van der Waals surface area contributed by atoms with E-state index in [9.17, 15) is 4.39 Å². The summed E-state index contributed by atoms with van der Waals surface area (Å²) >= 11 is 5.22. The minimum absolute atomic E-state index is 0.184. The van der Waals surface area contributed by atoms with E-state index < -0.39 is 0 Å². The van der Waals surface area contributed by atoms with Gasteiger partial charge in [0.15, 0.2) is 0 Å². The molecule has 1 nitrogen and oxygen atoms in total. The van der Waals surface area contributed by atoms with Crippen LogP contribution in [0.15, 0.2) is 22.7 Å². The highest BCUT2D eigenvalue weighted by Crippen LogP contribution is 2.24. The molecule has 0 radical (unpaired) electrons. The average molecular weight is 318 g/mol. The largest absolute Gasteiger partial charge is 0.312 e. The highest BCUT2D eigenvalue weighted by Gasteiger charge is 2.13. The van der Waals surface area contributed by atoms with Gasteiger partial charge in [0.2, 0.25) is 0 Å². The smallest absolute Gasteiger partial charge is 0.137 e. The van der Waals surface area contributed by atoms with Crippen molar-refractivity contribution in [1.29, 1.82) is 0 Å². The number of hydrogen-bond acceptors (Lipinski definition) is 2. The third kappa shape index (κ3) is 4.27. The molecule has 0 bridgehead atoms. The molecule has 1 aromatic rings. The van der Waals surface area contributed by atoms with Crippen molar-refractivity contribution in [3.05, 3.63) is 34.1 Å². The Kier molecular flexibility index (Phi) is 5.32. The number of hydrogen-bond donors (Lipinski definition) is 1. The third-order valence-corrected chi connectivity index (χ3v) is 5.00. The summed E-state index contributed by atoms with van der Waals surface area (Å²) in [5.74, 6) is 1.11. The topological polar surface area (TPSA) is 12.0 Å². The molecule has 0 saturated carbocycles. The molecule has 1 unspecified atom stereocenters. The normalized spacial score (nSPS) is 20.5. The van der Waals surface area contributed by atoms with E-state index >= 15 is 0 Å². The van der Waals surface area contributed by atoms with Gasteiger partial charge in [0.05, 0.1) is 4.47 Å². The second-order valence-electron chi connectivity index (χ2n) is 4.37. The Morgan fingerprint density at radius 1 is 1.41 bits per heavy atom. The van der Waals surface area contributed by atoms with Crippen molar-refractivity contribution in [3.63, 3.8) is 0 Å². The zero-order valence-corrected chi connectivity index (χ0v) is 12.1. The number of benzene rings is 1. The van der Waals surface area contributed by atoms with Crippen LogP contribution in [0.25, 0.3) is 0 Å². The van der Waals surface area contributed by atoms with Crippen LogP contribution in [0.4, 0.5) is 4.39 Å². The molecule has 2 rings (SSSR count). The van der Waals surface area contributed by atoms with Crippen LogP contribution in [0.2, 0.25) is 0 Å². The molecule has 1 saturated heterocycles. The standard InChI is InChI=1S/C13H17BrFNS/c14-12-5-4-10(7-13(12)15)8-16-9-11-3-1-2-6-17-11/h4-5,7,11,16H,1-3,6,8-9H2. The van der Waals surface area contributed by atoms with Gasteiger partial charge in [-0.2, -0.15) is 11.8 Å². The van der Waals surface area contributed by atoms with Crippen LogP contribution in [-0.2, 0) is 6.54 Å². The minimum Gasteiger partial charge on any atom is -0.312 e. The number of rotatable bonds is 4. The van der Waals surface area contributed by atoms with Crippen LogP contribution >= 0.6 is 27.7 Å². The second kappa shape index (κ2) is 6.76. The van der Waals surface area contributed by atoms with Crippen molar-refractivity contribution < 1.29 is 4.39 Å². The fraction of sp³-hybridized carbons (Fsp3) is 0.538. The van der Waals surface area contributed by atoms with E-state index in [2.05, 4.69) is 33.0 Å². The van der Waals surface area contributed by atoms with Crippen molar-refractivity contribution in [2.45, 2.75) is 31.1 Å². The first kappa shape index (κ1) is 13.4. The second-order valence-corrected chi connectivity index (χ2v) is 6.63. The van der Waals surface area contributed by atoms with Crippen LogP contribution in [0.1, 0.15) is 24.8 Å². The Bertz CT molecular complexity index is 366. The molecule has 1 heterocycles. The van der Waals surface area contributed by atoms with E-state index in [1.165, 1.54) is 25.0 Å². The summed E-state index contributed by atoms with van der Waals surface area (Å²) in [5.41, 5.74) is 1.01. The van der Waals surface area contributed by atoms with Gasteiger partial charge in [0.1, 0.15) is 5.82 Å². The molecule has 0 aliphatic carbocycles. The zero-order valence-electron chi connectivity index (χ0n) is 9.72. The zero-order chi connectivity index (χ0) is 12.1. The van der Waals surface area contributed by atoms with Gasteiger partial charge in [-0.15, -0.1) is 0 Å². The Morgan fingerprint density at radius 2 is 2.29 bits per heavy atom. The predicted molar refractivity (Wildman–Crippen MR) is 75.9 cm³/mol.